The molecule has 4 aliphatic carbocycles. The normalized spacial score (nSPS) is 59.4. The van der Waals surface area contributed by atoms with E-state index in [1.54, 1.807) is 6.92 Å². The molecule has 3 saturated heterocycles. The molecule has 4 saturated carbocycles. The van der Waals surface area contributed by atoms with Crippen LogP contribution in [-0.4, -0.2) is 72.0 Å². The van der Waals surface area contributed by atoms with Crippen molar-refractivity contribution >= 4 is 5.97 Å². The van der Waals surface area contributed by atoms with Gasteiger partial charge < -0.3 is 33.9 Å². The van der Waals surface area contributed by atoms with Gasteiger partial charge in [-0.3, -0.25) is 4.79 Å². The predicted molar refractivity (Wildman–Crippen MR) is 136 cm³/mol. The van der Waals surface area contributed by atoms with E-state index in [9.17, 15) is 15.0 Å². The van der Waals surface area contributed by atoms with E-state index in [4.69, 9.17) is 23.7 Å². The van der Waals surface area contributed by atoms with Crippen LogP contribution in [-0.2, 0) is 28.5 Å². The maximum atomic E-state index is 12.2. The lowest BCUT2D eigenvalue weighted by Gasteiger charge is -2.67. The van der Waals surface area contributed by atoms with E-state index in [0.29, 0.717) is 30.1 Å². The smallest absolute Gasteiger partial charge is 0.308 e. The first-order chi connectivity index (χ1) is 18.1. The number of methoxy groups -OCH3 is 1. The first-order valence-corrected chi connectivity index (χ1v) is 15.2. The summed E-state index contributed by atoms with van der Waals surface area (Å²) >= 11 is 0. The third-order valence-corrected chi connectivity index (χ3v) is 13.1. The summed E-state index contributed by atoms with van der Waals surface area (Å²) in [6, 6.07) is 0. The van der Waals surface area contributed by atoms with Crippen molar-refractivity contribution in [2.24, 2.45) is 40.4 Å². The summed E-state index contributed by atoms with van der Waals surface area (Å²) in [5, 5.41) is 21.1. The Labute approximate surface area is 226 Å². The van der Waals surface area contributed by atoms with Crippen LogP contribution in [0, 0.1) is 40.4 Å². The molecule has 2 N–H and O–H groups in total. The minimum absolute atomic E-state index is 0.0247. The zero-order valence-corrected chi connectivity index (χ0v) is 23.3. The highest BCUT2D eigenvalue weighted by Gasteiger charge is 2.74. The lowest BCUT2D eigenvalue weighted by atomic mass is 9.42. The molecule has 0 amide bonds. The maximum absolute atomic E-state index is 12.2. The second kappa shape index (κ2) is 8.86. The highest BCUT2D eigenvalue weighted by molar-refractivity contribution is 5.72. The van der Waals surface area contributed by atoms with Gasteiger partial charge in [0, 0.05) is 18.4 Å². The molecule has 38 heavy (non-hydrogen) atoms. The Balaban J connectivity index is 1.08. The zero-order chi connectivity index (χ0) is 26.6. The minimum Gasteiger partial charge on any atom is -0.435 e. The molecule has 0 aromatic heterocycles. The molecule has 7 fully saturated rings. The molecule has 214 valence electrons. The van der Waals surface area contributed by atoms with Gasteiger partial charge in [0.15, 0.2) is 6.29 Å². The van der Waals surface area contributed by atoms with Gasteiger partial charge >= 0.3 is 5.97 Å². The molecule has 3 aliphatic heterocycles. The lowest BCUT2D eigenvalue weighted by molar-refractivity contribution is -0.327. The molecule has 8 heteroatoms. The number of rotatable bonds is 3. The quantitative estimate of drug-likeness (QED) is 0.419. The molecule has 0 spiro atoms. The number of carbonyl (C=O) groups is 1. The number of hydrogen-bond donors (Lipinski definition) is 2. The number of ether oxygens (including phenoxy) is 5. The van der Waals surface area contributed by atoms with E-state index in [0.717, 1.165) is 44.9 Å². The van der Waals surface area contributed by atoms with Crippen molar-refractivity contribution in [2.75, 3.05) is 7.11 Å². The van der Waals surface area contributed by atoms with E-state index >= 15 is 0 Å². The van der Waals surface area contributed by atoms with Crippen LogP contribution in [0.1, 0.15) is 85.0 Å². The van der Waals surface area contributed by atoms with E-state index in [-0.39, 0.29) is 40.7 Å². The molecular weight excluding hydrogens is 488 g/mol. The highest BCUT2D eigenvalue weighted by Crippen LogP contribution is 2.74. The van der Waals surface area contributed by atoms with E-state index in [1.165, 1.54) is 20.0 Å². The standard InChI is InChI=1S/C30H46O8/c1-15-23(32)25(34-4)24(33)27(35-15)36-17-7-10-28(2)16(13-17)5-6-21-20(28)8-11-29(3)19-9-12-30(21,29)38-26-18(19)14-22(31)37-26/h15-21,23-27,32-33H,5-14H2,1-4H3/t15-,16-,17-,18+,19-,20+,21-,23-,24+,25+,26-,27+,28+,29-,30-/m1/s1. The van der Waals surface area contributed by atoms with Gasteiger partial charge in [-0.1, -0.05) is 13.8 Å². The summed E-state index contributed by atoms with van der Waals surface area (Å²) < 4.78 is 30.4. The maximum Gasteiger partial charge on any atom is 0.308 e. The van der Waals surface area contributed by atoms with Crippen LogP contribution in [0.15, 0.2) is 0 Å². The Hall–Kier alpha value is -0.770. The Bertz CT molecular complexity index is 959. The van der Waals surface area contributed by atoms with E-state index < -0.39 is 30.7 Å². The third kappa shape index (κ3) is 3.40. The average molecular weight is 535 g/mol. The third-order valence-electron chi connectivity index (χ3n) is 13.1. The second-order valence-electron chi connectivity index (χ2n) is 14.3. The summed E-state index contributed by atoms with van der Waals surface area (Å²) in [4.78, 5) is 12.2. The lowest BCUT2D eigenvalue weighted by Crippen LogP contribution is -2.67. The second-order valence-corrected chi connectivity index (χ2v) is 14.3. The van der Waals surface area contributed by atoms with Gasteiger partial charge in [0.1, 0.15) is 18.3 Å². The molecule has 0 aromatic carbocycles. The number of aliphatic hydroxyl groups is 2. The summed E-state index contributed by atoms with van der Waals surface area (Å²) in [7, 11) is 1.50. The first kappa shape index (κ1) is 26.1. The van der Waals surface area contributed by atoms with Gasteiger partial charge in [-0.2, -0.15) is 0 Å². The van der Waals surface area contributed by atoms with Gasteiger partial charge in [0.05, 0.1) is 24.2 Å². The van der Waals surface area contributed by atoms with Crippen molar-refractivity contribution in [1.82, 2.24) is 0 Å². The van der Waals surface area contributed by atoms with Crippen LogP contribution >= 0.6 is 0 Å². The van der Waals surface area contributed by atoms with Crippen molar-refractivity contribution in [3.05, 3.63) is 0 Å². The monoisotopic (exact) mass is 534 g/mol. The summed E-state index contributed by atoms with van der Waals surface area (Å²) in [5.74, 6) is 2.36. The van der Waals surface area contributed by atoms with Crippen LogP contribution in [0.3, 0.4) is 0 Å². The predicted octanol–water partition coefficient (Wildman–Crippen LogP) is 3.55. The molecular formula is C30H46O8. The largest absolute Gasteiger partial charge is 0.435 e. The Morgan fingerprint density at radius 2 is 1.74 bits per heavy atom. The molecule has 7 rings (SSSR count). The van der Waals surface area contributed by atoms with Gasteiger partial charge in [0.2, 0.25) is 6.29 Å². The van der Waals surface area contributed by atoms with Crippen LogP contribution in [0.25, 0.3) is 0 Å². The van der Waals surface area contributed by atoms with E-state index in [1.807, 2.05) is 0 Å². The molecule has 0 radical (unpaired) electrons. The van der Waals surface area contributed by atoms with Crippen molar-refractivity contribution in [1.29, 1.82) is 0 Å². The van der Waals surface area contributed by atoms with Gasteiger partial charge in [0.25, 0.3) is 0 Å². The number of fused-ring (bicyclic) bond motifs is 5. The fourth-order valence-corrected chi connectivity index (χ4v) is 11.1. The summed E-state index contributed by atoms with van der Waals surface area (Å²) in [6.07, 6.45) is 6.35. The SMILES string of the molecule is CO[C@@H]1[C@H](O)[C@H](O[C@@H]2CC[C@@]3(C)[C@H](CC[C@@H]4[C@@H]3CC[C@]3(C)[C@@H]5CC[C@@]43O[C@H]3OC(=O)C[C@H]35)C2)O[C@H](C)[C@H]1O. The topological polar surface area (TPSA) is 104 Å². The van der Waals surface area contributed by atoms with Crippen LogP contribution in [0.4, 0.5) is 0 Å². The van der Waals surface area contributed by atoms with Crippen LogP contribution in [0.2, 0.25) is 0 Å². The average Bonchev–Trinajstić information content (AvgIpc) is 3.34. The Morgan fingerprint density at radius 1 is 0.947 bits per heavy atom. The number of aliphatic hydroxyl groups excluding tert-OH is 2. The minimum atomic E-state index is -1.02. The Morgan fingerprint density at radius 3 is 2.53 bits per heavy atom. The van der Waals surface area contributed by atoms with Crippen LogP contribution in [0.5, 0.6) is 0 Å². The summed E-state index contributed by atoms with van der Waals surface area (Å²) in [5.41, 5.74) is 0.203. The zero-order valence-electron chi connectivity index (χ0n) is 23.3. The molecule has 7 aliphatic rings. The molecule has 0 aromatic rings. The van der Waals surface area contributed by atoms with Crippen LogP contribution < -0.4 is 0 Å². The van der Waals surface area contributed by atoms with Crippen molar-refractivity contribution in [3.63, 3.8) is 0 Å². The van der Waals surface area contributed by atoms with Crippen molar-refractivity contribution in [2.45, 2.75) is 134 Å². The van der Waals surface area contributed by atoms with Gasteiger partial charge in [-0.15, -0.1) is 0 Å². The molecule has 0 unspecified atom stereocenters. The van der Waals surface area contributed by atoms with Crippen molar-refractivity contribution < 1.29 is 38.7 Å². The first-order valence-electron chi connectivity index (χ1n) is 15.2. The number of esters is 1. The molecule has 2 bridgehead atoms. The van der Waals surface area contributed by atoms with E-state index in [2.05, 4.69) is 13.8 Å². The number of carbonyl (C=O) groups excluding carboxylic acids is 1. The molecule has 15 atom stereocenters. The fourth-order valence-electron chi connectivity index (χ4n) is 11.1. The highest BCUT2D eigenvalue weighted by atomic mass is 16.7. The Kier molecular flexibility index (Phi) is 6.10. The van der Waals surface area contributed by atoms with Crippen molar-refractivity contribution in [3.8, 4) is 0 Å². The molecule has 8 nitrogen and oxygen atoms in total. The van der Waals surface area contributed by atoms with Gasteiger partial charge in [-0.25, -0.2) is 0 Å². The molecule has 3 heterocycles. The number of hydrogen-bond acceptors (Lipinski definition) is 8. The summed E-state index contributed by atoms with van der Waals surface area (Å²) in [6.45, 7) is 6.78. The van der Waals surface area contributed by atoms with Gasteiger partial charge in [-0.05, 0) is 93.8 Å². The fraction of sp³-hybridized carbons (Fsp3) is 0.967.